The number of benzene rings is 1. The molecule has 0 aromatic heterocycles. The van der Waals surface area contributed by atoms with Gasteiger partial charge in [-0.25, -0.2) is 13.1 Å². The van der Waals surface area contributed by atoms with E-state index in [1.165, 1.54) is 32.1 Å². The largest absolute Gasteiger partial charge is 0.268 e. The first-order valence-electron chi connectivity index (χ1n) is 9.19. The molecule has 1 aromatic carbocycles. The van der Waals surface area contributed by atoms with Crippen LogP contribution in [-0.2, 0) is 10.0 Å². The van der Waals surface area contributed by atoms with E-state index >= 15 is 0 Å². The second-order valence-electron chi connectivity index (χ2n) is 7.26. The predicted molar refractivity (Wildman–Crippen MR) is 95.5 cm³/mol. The Hall–Kier alpha value is -1.36. The lowest BCUT2D eigenvalue weighted by atomic mass is 9.78. The molecule has 0 heterocycles. The van der Waals surface area contributed by atoms with Gasteiger partial charge in [0, 0.05) is 5.56 Å². The maximum absolute atomic E-state index is 12.5. The van der Waals surface area contributed by atoms with Gasteiger partial charge in [-0.2, -0.15) is 0 Å². The molecule has 1 aromatic rings. The van der Waals surface area contributed by atoms with Crippen molar-refractivity contribution in [1.29, 1.82) is 0 Å². The fraction of sp³-hybridized carbons (Fsp3) is 0.632. The average Bonchev–Trinajstić information content (AvgIpc) is 2.98. The number of carbonyl (C=O) groups is 1. The standard InChI is InChI=1S/C19H27NO3S/c21-19(18-13-4-3-12-17(18)16-10-5-11-16)20-24(22,23)14-6-9-15-7-1-2-8-15/h3-4,12-13,15-16H,1-2,5-11,14H2,(H,20,21). The second kappa shape index (κ2) is 7.68. The molecule has 0 aliphatic heterocycles. The van der Waals surface area contributed by atoms with Crippen molar-refractivity contribution in [1.82, 2.24) is 4.72 Å². The van der Waals surface area contributed by atoms with Crippen molar-refractivity contribution in [2.45, 2.75) is 63.7 Å². The van der Waals surface area contributed by atoms with Gasteiger partial charge in [0.25, 0.3) is 5.91 Å². The zero-order valence-corrected chi connectivity index (χ0v) is 15.0. The number of rotatable bonds is 7. The molecule has 1 amide bonds. The van der Waals surface area contributed by atoms with Crippen molar-refractivity contribution in [2.24, 2.45) is 5.92 Å². The molecular formula is C19H27NO3S. The highest BCUT2D eigenvalue weighted by Gasteiger charge is 2.26. The Kier molecular flexibility index (Phi) is 5.59. The van der Waals surface area contributed by atoms with Crippen molar-refractivity contribution >= 4 is 15.9 Å². The van der Waals surface area contributed by atoms with E-state index in [9.17, 15) is 13.2 Å². The van der Waals surface area contributed by atoms with E-state index in [-0.39, 0.29) is 5.75 Å². The molecule has 3 rings (SSSR count). The number of amides is 1. The molecule has 1 N–H and O–H groups in total. The smallest absolute Gasteiger partial charge is 0.265 e. The van der Waals surface area contributed by atoms with E-state index in [1.54, 1.807) is 12.1 Å². The van der Waals surface area contributed by atoms with Gasteiger partial charge >= 0.3 is 0 Å². The van der Waals surface area contributed by atoms with Crippen LogP contribution in [-0.4, -0.2) is 20.1 Å². The van der Waals surface area contributed by atoms with Crippen LogP contribution < -0.4 is 4.72 Å². The van der Waals surface area contributed by atoms with Gasteiger partial charge in [0.05, 0.1) is 5.75 Å². The SMILES string of the molecule is O=C(NS(=O)(=O)CCCC1CCCC1)c1ccccc1C1CCC1. The van der Waals surface area contributed by atoms with Gasteiger partial charge in [-0.15, -0.1) is 0 Å². The van der Waals surface area contributed by atoms with Crippen LogP contribution in [0.5, 0.6) is 0 Å². The Balaban J connectivity index is 1.57. The van der Waals surface area contributed by atoms with Crippen molar-refractivity contribution in [2.75, 3.05) is 5.75 Å². The summed E-state index contributed by atoms with van der Waals surface area (Å²) in [5.41, 5.74) is 1.50. The molecule has 2 saturated carbocycles. The first kappa shape index (κ1) is 17.5. The number of hydrogen-bond donors (Lipinski definition) is 1. The van der Waals surface area contributed by atoms with Crippen LogP contribution in [0.2, 0.25) is 0 Å². The Labute approximate surface area is 145 Å². The maximum atomic E-state index is 12.5. The van der Waals surface area contributed by atoms with Gasteiger partial charge in [-0.1, -0.05) is 50.3 Å². The number of hydrogen-bond acceptors (Lipinski definition) is 3. The van der Waals surface area contributed by atoms with Crippen molar-refractivity contribution < 1.29 is 13.2 Å². The number of carbonyl (C=O) groups excluding carboxylic acids is 1. The van der Waals surface area contributed by atoms with E-state index in [4.69, 9.17) is 0 Å². The Morgan fingerprint density at radius 2 is 1.75 bits per heavy atom. The topological polar surface area (TPSA) is 63.2 Å². The van der Waals surface area contributed by atoms with Crippen LogP contribution in [0.3, 0.4) is 0 Å². The average molecular weight is 349 g/mol. The van der Waals surface area contributed by atoms with E-state index < -0.39 is 15.9 Å². The van der Waals surface area contributed by atoms with Crippen LogP contribution in [0.4, 0.5) is 0 Å². The molecule has 5 heteroatoms. The third-order valence-electron chi connectivity index (χ3n) is 5.50. The molecule has 24 heavy (non-hydrogen) atoms. The quantitative estimate of drug-likeness (QED) is 0.810. The van der Waals surface area contributed by atoms with Crippen LogP contribution in [0.15, 0.2) is 24.3 Å². The van der Waals surface area contributed by atoms with E-state index in [1.807, 2.05) is 12.1 Å². The highest BCUT2D eigenvalue weighted by Crippen LogP contribution is 2.37. The van der Waals surface area contributed by atoms with Gasteiger partial charge in [-0.05, 0) is 49.1 Å². The highest BCUT2D eigenvalue weighted by atomic mass is 32.2. The number of nitrogens with one attached hydrogen (secondary N) is 1. The summed E-state index contributed by atoms with van der Waals surface area (Å²) >= 11 is 0. The van der Waals surface area contributed by atoms with Crippen LogP contribution in [0.25, 0.3) is 0 Å². The summed E-state index contributed by atoms with van der Waals surface area (Å²) in [6.07, 6.45) is 9.92. The first-order valence-corrected chi connectivity index (χ1v) is 10.8. The molecule has 0 bridgehead atoms. The van der Waals surface area contributed by atoms with Gasteiger partial charge in [-0.3, -0.25) is 4.79 Å². The van der Waals surface area contributed by atoms with Gasteiger partial charge in [0.1, 0.15) is 0 Å². The minimum atomic E-state index is -3.55. The lowest BCUT2D eigenvalue weighted by molar-refractivity contribution is 0.0979. The van der Waals surface area contributed by atoms with Crippen molar-refractivity contribution in [3.8, 4) is 0 Å². The molecular weight excluding hydrogens is 322 g/mol. The molecule has 2 aliphatic carbocycles. The summed E-state index contributed by atoms with van der Waals surface area (Å²) in [5, 5.41) is 0. The van der Waals surface area contributed by atoms with E-state index in [2.05, 4.69) is 4.72 Å². The van der Waals surface area contributed by atoms with Crippen LogP contribution in [0.1, 0.15) is 79.6 Å². The predicted octanol–water partition coefficient (Wildman–Crippen LogP) is 3.98. The maximum Gasteiger partial charge on any atom is 0.265 e. The summed E-state index contributed by atoms with van der Waals surface area (Å²) < 4.78 is 26.7. The molecule has 0 radical (unpaired) electrons. The molecule has 0 saturated heterocycles. The Morgan fingerprint density at radius 1 is 1.04 bits per heavy atom. The minimum absolute atomic E-state index is 0.0425. The summed E-state index contributed by atoms with van der Waals surface area (Å²) in [6.45, 7) is 0. The normalized spacial score (nSPS) is 19.2. The fourth-order valence-corrected chi connectivity index (χ4v) is 4.93. The highest BCUT2D eigenvalue weighted by molar-refractivity contribution is 7.90. The molecule has 2 fully saturated rings. The summed E-state index contributed by atoms with van der Waals surface area (Å²) in [7, 11) is -3.55. The Morgan fingerprint density at radius 3 is 2.42 bits per heavy atom. The van der Waals surface area contributed by atoms with Gasteiger partial charge in [0.2, 0.25) is 10.0 Å². The van der Waals surface area contributed by atoms with E-state index in [0.717, 1.165) is 24.8 Å². The Bertz CT molecular complexity index is 674. The van der Waals surface area contributed by atoms with Gasteiger partial charge in [0.15, 0.2) is 0 Å². The molecule has 132 valence electrons. The fourth-order valence-electron chi connectivity index (χ4n) is 3.89. The molecule has 2 aliphatic rings. The van der Waals surface area contributed by atoms with Crippen molar-refractivity contribution in [3.63, 3.8) is 0 Å². The zero-order valence-electron chi connectivity index (χ0n) is 14.2. The first-order chi connectivity index (χ1) is 11.6. The lowest BCUT2D eigenvalue weighted by Crippen LogP contribution is -2.33. The third kappa shape index (κ3) is 4.38. The summed E-state index contributed by atoms with van der Waals surface area (Å²) in [6, 6.07) is 7.40. The molecule has 0 unspecified atom stereocenters. The molecule has 0 atom stereocenters. The summed E-state index contributed by atoms with van der Waals surface area (Å²) in [4.78, 5) is 12.5. The third-order valence-corrected chi connectivity index (χ3v) is 6.82. The van der Waals surface area contributed by atoms with Crippen LogP contribution in [0, 0.1) is 5.92 Å². The monoisotopic (exact) mass is 349 g/mol. The number of sulfonamides is 1. The summed E-state index contributed by atoms with van der Waals surface area (Å²) in [5.74, 6) is 0.645. The minimum Gasteiger partial charge on any atom is -0.268 e. The molecule has 0 spiro atoms. The van der Waals surface area contributed by atoms with E-state index in [0.29, 0.717) is 23.8 Å². The van der Waals surface area contributed by atoms with Crippen molar-refractivity contribution in [3.05, 3.63) is 35.4 Å². The zero-order chi connectivity index (χ0) is 17.0. The van der Waals surface area contributed by atoms with Gasteiger partial charge < -0.3 is 0 Å². The lowest BCUT2D eigenvalue weighted by Gasteiger charge is -2.27. The van der Waals surface area contributed by atoms with Crippen LogP contribution >= 0.6 is 0 Å². The second-order valence-corrected chi connectivity index (χ2v) is 9.10. The molecule has 4 nitrogen and oxygen atoms in total.